The molecule has 108 valence electrons. The number of urea groups is 1. The van der Waals surface area contributed by atoms with Gasteiger partial charge in [-0.25, -0.2) is 4.79 Å². The molecule has 0 radical (unpaired) electrons. The van der Waals surface area contributed by atoms with E-state index in [1.54, 1.807) is 0 Å². The minimum absolute atomic E-state index is 0.0876. The first-order chi connectivity index (χ1) is 8.87. The van der Waals surface area contributed by atoms with Crippen LogP contribution in [0.2, 0.25) is 0 Å². The summed E-state index contributed by atoms with van der Waals surface area (Å²) in [6.45, 7) is -0.101. The molecule has 0 aromatic rings. The van der Waals surface area contributed by atoms with Crippen LogP contribution in [0.1, 0.15) is 32.1 Å². The second kappa shape index (κ2) is 6.40. The van der Waals surface area contributed by atoms with Gasteiger partial charge in [0.15, 0.2) is 0 Å². The topological polar surface area (TPSA) is 113 Å². The molecule has 0 aromatic heterocycles. The maximum absolute atomic E-state index is 11.7. The number of rotatable bonds is 5. The van der Waals surface area contributed by atoms with Gasteiger partial charge in [-0.05, 0) is 12.8 Å². The molecule has 1 fully saturated rings. The molecule has 0 bridgehead atoms. The third kappa shape index (κ3) is 4.11. The van der Waals surface area contributed by atoms with Crippen LogP contribution in [0.3, 0.4) is 0 Å². The maximum atomic E-state index is 11.7. The Labute approximate surface area is 112 Å². The van der Waals surface area contributed by atoms with Crippen molar-refractivity contribution in [1.29, 1.82) is 0 Å². The van der Waals surface area contributed by atoms with Crippen LogP contribution < -0.4 is 11.1 Å². The zero-order chi connectivity index (χ0) is 14.5. The molecule has 0 spiro atoms. The van der Waals surface area contributed by atoms with E-state index in [9.17, 15) is 19.5 Å². The second-order valence-electron chi connectivity index (χ2n) is 5.13. The van der Waals surface area contributed by atoms with Crippen molar-refractivity contribution < 1.29 is 19.5 Å². The van der Waals surface area contributed by atoms with Crippen LogP contribution in [0.25, 0.3) is 0 Å². The molecule has 0 heterocycles. The van der Waals surface area contributed by atoms with Crippen LogP contribution in [0.4, 0.5) is 4.79 Å². The Balaban J connectivity index is 2.54. The zero-order valence-electron chi connectivity index (χ0n) is 11.1. The lowest BCUT2D eigenvalue weighted by Crippen LogP contribution is -2.48. The predicted molar refractivity (Wildman–Crippen MR) is 68.4 cm³/mol. The van der Waals surface area contributed by atoms with Gasteiger partial charge >= 0.3 is 12.0 Å². The number of nitrogens with zero attached hydrogens (tertiary/aromatic N) is 1. The van der Waals surface area contributed by atoms with Gasteiger partial charge in [0.1, 0.15) is 6.54 Å². The summed E-state index contributed by atoms with van der Waals surface area (Å²) in [4.78, 5) is 34.9. The fourth-order valence-electron chi connectivity index (χ4n) is 2.38. The number of amides is 3. The number of nitrogens with one attached hydrogen (secondary N) is 1. The fourth-order valence-corrected chi connectivity index (χ4v) is 2.38. The number of aliphatic carboxylic acids is 1. The minimum atomic E-state index is -0.874. The summed E-state index contributed by atoms with van der Waals surface area (Å²) in [5, 5.41) is 11.9. The molecule has 0 aliphatic heterocycles. The van der Waals surface area contributed by atoms with Gasteiger partial charge < -0.3 is 21.1 Å². The number of hydrogen-bond donors (Lipinski definition) is 3. The lowest BCUT2D eigenvalue weighted by molar-refractivity contribution is -0.150. The molecule has 1 saturated carbocycles. The van der Waals surface area contributed by atoms with E-state index in [0.717, 1.165) is 24.2 Å². The van der Waals surface area contributed by atoms with Crippen LogP contribution in [0, 0.1) is 5.41 Å². The third-order valence-corrected chi connectivity index (χ3v) is 3.58. The molecule has 7 heteroatoms. The number of hydrogen-bond acceptors (Lipinski definition) is 3. The highest BCUT2D eigenvalue weighted by Crippen LogP contribution is 2.35. The highest BCUT2D eigenvalue weighted by Gasteiger charge is 2.39. The molecular weight excluding hydrogens is 250 g/mol. The SMILES string of the molecule is CN(CC(N)=O)C(=O)NCC1(C(=O)O)CCCCC1. The molecule has 1 rings (SSSR count). The van der Waals surface area contributed by atoms with E-state index in [1.807, 2.05) is 0 Å². The van der Waals surface area contributed by atoms with Crippen molar-refractivity contribution in [3.8, 4) is 0 Å². The van der Waals surface area contributed by atoms with Crippen LogP contribution in [0.5, 0.6) is 0 Å². The number of carbonyl (C=O) groups excluding carboxylic acids is 2. The quantitative estimate of drug-likeness (QED) is 0.660. The molecule has 0 atom stereocenters. The first-order valence-electron chi connectivity index (χ1n) is 6.38. The van der Waals surface area contributed by atoms with Crippen molar-refractivity contribution >= 4 is 17.9 Å². The summed E-state index contributed by atoms with van der Waals surface area (Å²) in [5.74, 6) is -1.48. The Hall–Kier alpha value is -1.79. The monoisotopic (exact) mass is 271 g/mol. The molecule has 19 heavy (non-hydrogen) atoms. The van der Waals surface area contributed by atoms with E-state index >= 15 is 0 Å². The third-order valence-electron chi connectivity index (χ3n) is 3.58. The first kappa shape index (κ1) is 15.3. The van der Waals surface area contributed by atoms with Gasteiger partial charge in [-0.15, -0.1) is 0 Å². The first-order valence-corrected chi connectivity index (χ1v) is 6.38. The number of likely N-dealkylation sites (N-methyl/N-ethyl adjacent to an activating group) is 1. The van der Waals surface area contributed by atoms with Gasteiger partial charge in [0.25, 0.3) is 0 Å². The van der Waals surface area contributed by atoms with E-state index in [2.05, 4.69) is 5.32 Å². The smallest absolute Gasteiger partial charge is 0.317 e. The molecule has 1 aliphatic carbocycles. The Morgan fingerprint density at radius 2 is 1.84 bits per heavy atom. The van der Waals surface area contributed by atoms with Gasteiger partial charge in [-0.1, -0.05) is 19.3 Å². The highest BCUT2D eigenvalue weighted by molar-refractivity contribution is 5.83. The van der Waals surface area contributed by atoms with Crippen molar-refractivity contribution in [1.82, 2.24) is 10.2 Å². The predicted octanol–water partition coefficient (Wildman–Crippen LogP) is 0.148. The van der Waals surface area contributed by atoms with Gasteiger partial charge in [-0.3, -0.25) is 9.59 Å². The number of carboxylic acid groups (broad SMARTS) is 1. The summed E-state index contributed by atoms with van der Waals surface area (Å²) in [6, 6.07) is -0.481. The van der Waals surface area contributed by atoms with Gasteiger partial charge in [0, 0.05) is 13.6 Å². The van der Waals surface area contributed by atoms with Gasteiger partial charge in [0.05, 0.1) is 5.41 Å². The number of primary amides is 1. The summed E-state index contributed by atoms with van der Waals surface area (Å²) in [7, 11) is 1.44. The molecule has 4 N–H and O–H groups in total. The van der Waals surface area contributed by atoms with Crippen LogP contribution >= 0.6 is 0 Å². The van der Waals surface area contributed by atoms with E-state index < -0.39 is 23.3 Å². The average Bonchev–Trinajstić information content (AvgIpc) is 2.36. The van der Waals surface area contributed by atoms with E-state index in [4.69, 9.17) is 5.73 Å². The largest absolute Gasteiger partial charge is 0.481 e. The van der Waals surface area contributed by atoms with Crippen LogP contribution in [-0.2, 0) is 9.59 Å². The molecule has 3 amide bonds. The second-order valence-corrected chi connectivity index (χ2v) is 5.13. The van der Waals surface area contributed by atoms with Gasteiger partial charge in [0.2, 0.25) is 5.91 Å². The number of nitrogens with two attached hydrogens (primary N) is 1. The average molecular weight is 271 g/mol. The van der Waals surface area contributed by atoms with Crippen molar-refractivity contribution in [2.75, 3.05) is 20.1 Å². The van der Waals surface area contributed by atoms with Crippen LogP contribution in [0.15, 0.2) is 0 Å². The van der Waals surface area contributed by atoms with Gasteiger partial charge in [-0.2, -0.15) is 0 Å². The van der Waals surface area contributed by atoms with E-state index in [0.29, 0.717) is 12.8 Å². The Morgan fingerprint density at radius 1 is 1.26 bits per heavy atom. The fraction of sp³-hybridized carbons (Fsp3) is 0.750. The van der Waals surface area contributed by atoms with Crippen LogP contribution in [-0.4, -0.2) is 48.1 Å². The summed E-state index contributed by atoms with van der Waals surface area (Å²) in [5.41, 5.74) is 4.12. The molecule has 7 nitrogen and oxygen atoms in total. The summed E-state index contributed by atoms with van der Waals surface area (Å²) >= 11 is 0. The minimum Gasteiger partial charge on any atom is -0.481 e. The molecule has 1 aliphatic rings. The van der Waals surface area contributed by atoms with Crippen molar-refractivity contribution in [2.24, 2.45) is 11.1 Å². The van der Waals surface area contributed by atoms with E-state index in [-0.39, 0.29) is 13.1 Å². The normalized spacial score (nSPS) is 17.5. The summed E-state index contributed by atoms with van der Waals surface area (Å²) in [6.07, 6.45) is 3.90. The number of carboxylic acids is 1. The highest BCUT2D eigenvalue weighted by atomic mass is 16.4. The Kier molecular flexibility index (Phi) is 5.14. The zero-order valence-corrected chi connectivity index (χ0v) is 11.1. The van der Waals surface area contributed by atoms with Crippen molar-refractivity contribution in [3.05, 3.63) is 0 Å². The molecule has 0 saturated heterocycles. The molecular formula is C12H21N3O4. The van der Waals surface area contributed by atoms with Crippen molar-refractivity contribution in [3.63, 3.8) is 0 Å². The Morgan fingerprint density at radius 3 is 2.32 bits per heavy atom. The number of carbonyl (C=O) groups is 3. The molecule has 0 aromatic carbocycles. The Bertz CT molecular complexity index is 364. The molecule has 0 unspecified atom stereocenters. The van der Waals surface area contributed by atoms with E-state index in [1.165, 1.54) is 7.05 Å². The standard InChI is InChI=1S/C12H21N3O4/c1-15(7-9(13)16)11(19)14-8-12(10(17)18)5-3-2-4-6-12/h2-8H2,1H3,(H2,13,16)(H,14,19)(H,17,18). The summed E-state index contributed by atoms with van der Waals surface area (Å²) < 4.78 is 0. The lowest BCUT2D eigenvalue weighted by atomic mass is 9.74. The lowest BCUT2D eigenvalue weighted by Gasteiger charge is -2.33. The maximum Gasteiger partial charge on any atom is 0.317 e. The van der Waals surface area contributed by atoms with Crippen molar-refractivity contribution in [2.45, 2.75) is 32.1 Å².